The molecule has 1 saturated carbocycles. The number of carbonyl (C=O) groups is 1. The lowest BCUT2D eigenvalue weighted by Gasteiger charge is -2.28. The van der Waals surface area contributed by atoms with Crippen LogP contribution >= 0.6 is 0 Å². The zero-order valence-electron chi connectivity index (χ0n) is 18.5. The Kier molecular flexibility index (Phi) is 8.68. The third-order valence-corrected chi connectivity index (χ3v) is 5.95. The van der Waals surface area contributed by atoms with Crippen molar-refractivity contribution in [2.24, 2.45) is 5.92 Å². The number of ether oxygens (including phenoxy) is 2. The zero-order valence-corrected chi connectivity index (χ0v) is 18.5. The molecule has 166 valence electrons. The molecule has 0 amide bonds. The number of rotatable bonds is 10. The van der Waals surface area contributed by atoms with Gasteiger partial charge in [-0.05, 0) is 67.3 Å². The molecule has 0 aliphatic heterocycles. The first kappa shape index (κ1) is 23.0. The van der Waals surface area contributed by atoms with Gasteiger partial charge in [-0.15, -0.1) is 0 Å². The monoisotopic (exact) mass is 424 g/mol. The number of benzene rings is 2. The average molecular weight is 425 g/mol. The second-order valence-corrected chi connectivity index (χ2v) is 8.01. The Bertz CT molecular complexity index is 833. The maximum Gasteiger partial charge on any atom is 0.343 e. The molecule has 5 nitrogen and oxygen atoms in total. The lowest BCUT2D eigenvalue weighted by atomic mass is 9.77. The molecular weight excluding hydrogens is 392 g/mol. The van der Waals surface area contributed by atoms with E-state index in [1.807, 2.05) is 12.1 Å². The topological polar surface area (TPSA) is 54.0 Å². The Morgan fingerprint density at radius 2 is 1.61 bits per heavy atom. The quantitative estimate of drug-likeness (QED) is 0.0828. The fraction of sp³-hybridized carbons (Fsp3) is 0.423. The van der Waals surface area contributed by atoms with Gasteiger partial charge in [-0.2, -0.15) is 4.89 Å². The van der Waals surface area contributed by atoms with Crippen molar-refractivity contribution in [3.05, 3.63) is 71.8 Å². The summed E-state index contributed by atoms with van der Waals surface area (Å²) in [4.78, 5) is 21.6. The third kappa shape index (κ3) is 6.68. The molecule has 0 bridgehead atoms. The van der Waals surface area contributed by atoms with Gasteiger partial charge < -0.3 is 9.47 Å². The largest absolute Gasteiger partial charge is 0.465 e. The van der Waals surface area contributed by atoms with E-state index in [-0.39, 0.29) is 6.79 Å². The molecule has 1 aliphatic rings. The van der Waals surface area contributed by atoms with Crippen LogP contribution in [0, 0.1) is 5.92 Å². The van der Waals surface area contributed by atoms with E-state index >= 15 is 0 Å². The third-order valence-electron chi connectivity index (χ3n) is 5.95. The van der Waals surface area contributed by atoms with E-state index < -0.39 is 5.97 Å². The SMILES string of the molecule is C=C(OCOOC)c1ccc(C(=O)Oc2ccc(C3CCC(CCC)CC3)cc2)cc1. The van der Waals surface area contributed by atoms with Crippen LogP contribution in [0.4, 0.5) is 0 Å². The molecule has 0 heterocycles. The second kappa shape index (κ2) is 11.7. The molecule has 0 atom stereocenters. The number of carbonyl (C=O) groups excluding carboxylic acids is 1. The van der Waals surface area contributed by atoms with Crippen LogP contribution in [0.3, 0.4) is 0 Å². The Labute approximate surface area is 184 Å². The van der Waals surface area contributed by atoms with E-state index in [1.165, 1.54) is 51.2 Å². The molecule has 2 aromatic rings. The van der Waals surface area contributed by atoms with E-state index in [4.69, 9.17) is 9.47 Å². The van der Waals surface area contributed by atoms with Crippen molar-refractivity contribution < 1.29 is 24.0 Å². The molecule has 0 spiro atoms. The summed E-state index contributed by atoms with van der Waals surface area (Å²) in [6.45, 7) is 6.03. The molecule has 0 N–H and O–H groups in total. The zero-order chi connectivity index (χ0) is 22.1. The molecule has 5 heteroatoms. The fourth-order valence-corrected chi connectivity index (χ4v) is 4.19. The van der Waals surface area contributed by atoms with Gasteiger partial charge in [-0.25, -0.2) is 9.68 Å². The summed E-state index contributed by atoms with van der Waals surface area (Å²) in [7, 11) is 1.40. The smallest absolute Gasteiger partial charge is 0.343 e. The summed E-state index contributed by atoms with van der Waals surface area (Å²) in [6, 6.07) is 14.9. The number of esters is 1. The maximum atomic E-state index is 12.5. The van der Waals surface area contributed by atoms with Gasteiger partial charge in [0.25, 0.3) is 0 Å². The van der Waals surface area contributed by atoms with E-state index in [0.29, 0.717) is 23.0 Å². The first-order valence-electron chi connectivity index (χ1n) is 11.0. The summed E-state index contributed by atoms with van der Waals surface area (Å²) < 4.78 is 10.8. The lowest BCUT2D eigenvalue weighted by molar-refractivity contribution is -0.308. The van der Waals surface area contributed by atoms with Crippen LogP contribution in [0.1, 0.15) is 72.9 Å². The molecule has 0 saturated heterocycles. The first-order valence-corrected chi connectivity index (χ1v) is 11.0. The van der Waals surface area contributed by atoms with Crippen LogP contribution in [0.25, 0.3) is 5.76 Å². The summed E-state index contributed by atoms with van der Waals surface area (Å²) in [5, 5.41) is 0. The van der Waals surface area contributed by atoms with E-state index in [9.17, 15) is 4.79 Å². The van der Waals surface area contributed by atoms with Gasteiger partial charge in [0.15, 0.2) is 0 Å². The standard InChI is InChI=1S/C26H32O5/c1-4-5-20-6-8-22(9-7-20)23-14-16-25(17-15-23)31-26(27)24-12-10-21(11-13-24)19(2)29-18-30-28-3/h10-17,20,22H,2,4-9,18H2,1,3H3. The highest BCUT2D eigenvalue weighted by molar-refractivity contribution is 5.91. The van der Waals surface area contributed by atoms with Gasteiger partial charge in [0.2, 0.25) is 6.79 Å². The molecule has 2 aromatic carbocycles. The van der Waals surface area contributed by atoms with Gasteiger partial charge >= 0.3 is 5.97 Å². The van der Waals surface area contributed by atoms with Crippen molar-refractivity contribution in [1.29, 1.82) is 0 Å². The fourth-order valence-electron chi connectivity index (χ4n) is 4.19. The van der Waals surface area contributed by atoms with Crippen molar-refractivity contribution in [2.75, 3.05) is 13.9 Å². The van der Waals surface area contributed by atoms with Gasteiger partial charge in [0, 0.05) is 5.56 Å². The molecule has 0 unspecified atom stereocenters. The van der Waals surface area contributed by atoms with Crippen molar-refractivity contribution in [2.45, 2.75) is 51.4 Å². The van der Waals surface area contributed by atoms with Crippen LogP contribution in [0.15, 0.2) is 55.1 Å². The number of hydrogen-bond acceptors (Lipinski definition) is 5. The summed E-state index contributed by atoms with van der Waals surface area (Å²) in [5.41, 5.74) is 2.55. The van der Waals surface area contributed by atoms with E-state index in [1.54, 1.807) is 24.3 Å². The van der Waals surface area contributed by atoms with Gasteiger partial charge in [-0.3, -0.25) is 0 Å². The van der Waals surface area contributed by atoms with E-state index in [2.05, 4.69) is 35.4 Å². The van der Waals surface area contributed by atoms with Crippen molar-refractivity contribution in [3.63, 3.8) is 0 Å². The Morgan fingerprint density at radius 1 is 0.968 bits per heavy atom. The molecule has 1 fully saturated rings. The molecule has 3 rings (SSSR count). The molecular formula is C26H32O5. The van der Waals surface area contributed by atoms with Crippen molar-refractivity contribution in [1.82, 2.24) is 0 Å². The minimum Gasteiger partial charge on any atom is -0.465 e. The van der Waals surface area contributed by atoms with Crippen LogP contribution < -0.4 is 4.74 Å². The average Bonchev–Trinajstić information content (AvgIpc) is 2.80. The van der Waals surface area contributed by atoms with Gasteiger partial charge in [0.1, 0.15) is 11.5 Å². The van der Waals surface area contributed by atoms with Crippen LogP contribution in [0.2, 0.25) is 0 Å². The normalized spacial score (nSPS) is 18.4. The van der Waals surface area contributed by atoms with E-state index in [0.717, 1.165) is 11.5 Å². The highest BCUT2D eigenvalue weighted by Crippen LogP contribution is 2.37. The molecule has 0 aromatic heterocycles. The highest BCUT2D eigenvalue weighted by atomic mass is 17.2. The van der Waals surface area contributed by atoms with Crippen LogP contribution in [0.5, 0.6) is 5.75 Å². The second-order valence-electron chi connectivity index (χ2n) is 8.01. The lowest BCUT2D eigenvalue weighted by Crippen LogP contribution is -2.13. The molecule has 0 radical (unpaired) electrons. The Morgan fingerprint density at radius 3 is 2.23 bits per heavy atom. The molecule has 31 heavy (non-hydrogen) atoms. The minimum atomic E-state index is -0.395. The maximum absolute atomic E-state index is 12.5. The Balaban J connectivity index is 1.52. The first-order chi connectivity index (χ1) is 15.1. The minimum absolute atomic E-state index is 0.0602. The van der Waals surface area contributed by atoms with Gasteiger partial charge in [-0.1, -0.05) is 50.6 Å². The summed E-state index contributed by atoms with van der Waals surface area (Å²) in [6.07, 6.45) is 7.78. The van der Waals surface area contributed by atoms with Gasteiger partial charge in [0.05, 0.1) is 12.7 Å². The van der Waals surface area contributed by atoms with Crippen molar-refractivity contribution >= 4 is 11.7 Å². The predicted octanol–water partition coefficient (Wildman–Crippen LogP) is 6.50. The highest BCUT2D eigenvalue weighted by Gasteiger charge is 2.22. The predicted molar refractivity (Wildman–Crippen MR) is 121 cm³/mol. The summed E-state index contributed by atoms with van der Waals surface area (Å²) >= 11 is 0. The number of hydrogen-bond donors (Lipinski definition) is 0. The Hall–Kier alpha value is -2.63. The summed E-state index contributed by atoms with van der Waals surface area (Å²) in [5.74, 6) is 2.11. The van der Waals surface area contributed by atoms with Crippen LogP contribution in [-0.4, -0.2) is 19.9 Å². The molecule has 1 aliphatic carbocycles. The van der Waals surface area contributed by atoms with Crippen molar-refractivity contribution in [3.8, 4) is 5.75 Å². The van der Waals surface area contributed by atoms with Crippen LogP contribution in [-0.2, 0) is 14.5 Å².